The number of carbonyl (C=O) groups excluding carboxylic acids is 1. The van der Waals surface area contributed by atoms with Crippen LogP contribution in [0.5, 0.6) is 0 Å². The number of hydrogen-bond acceptors (Lipinski definition) is 3. The van der Waals surface area contributed by atoms with Gasteiger partial charge < -0.3 is 5.32 Å². The van der Waals surface area contributed by atoms with Crippen molar-refractivity contribution in [3.63, 3.8) is 0 Å². The number of alkyl halides is 4. The molecule has 0 atom stereocenters. The zero-order chi connectivity index (χ0) is 15.4. The molecule has 0 saturated carbocycles. The standard InChI is InChI=1S/C12H10F4N4O/c13-11(14)8-5-9(12(15)16)20(19-8)6-10(21)18-7-1-3-17-4-2-7/h1-5,11-12H,6H2,(H,17,18,21). The summed E-state index contributed by atoms with van der Waals surface area (Å²) in [5, 5.41) is 5.75. The SMILES string of the molecule is O=C(Cn1nc(C(F)F)cc1C(F)F)Nc1ccncc1. The molecule has 0 bridgehead atoms. The van der Waals surface area contributed by atoms with E-state index in [2.05, 4.69) is 15.4 Å². The second kappa shape index (κ2) is 6.33. The normalized spacial score (nSPS) is 11.1. The number of pyridine rings is 1. The van der Waals surface area contributed by atoms with Crippen LogP contribution in [0, 0.1) is 0 Å². The number of nitrogens with one attached hydrogen (secondary N) is 1. The number of carbonyl (C=O) groups is 1. The van der Waals surface area contributed by atoms with Gasteiger partial charge in [0, 0.05) is 18.1 Å². The molecule has 0 unspecified atom stereocenters. The van der Waals surface area contributed by atoms with Gasteiger partial charge in [0.1, 0.15) is 17.9 Å². The Morgan fingerprint density at radius 2 is 1.86 bits per heavy atom. The minimum atomic E-state index is -3.00. The maximum Gasteiger partial charge on any atom is 0.282 e. The van der Waals surface area contributed by atoms with Crippen LogP contribution in [0.2, 0.25) is 0 Å². The molecule has 112 valence electrons. The number of rotatable bonds is 5. The van der Waals surface area contributed by atoms with Crippen molar-refractivity contribution < 1.29 is 22.4 Å². The summed E-state index contributed by atoms with van der Waals surface area (Å²) < 4.78 is 51.0. The summed E-state index contributed by atoms with van der Waals surface area (Å²) in [6, 6.07) is 3.59. The third kappa shape index (κ3) is 3.77. The lowest BCUT2D eigenvalue weighted by molar-refractivity contribution is -0.117. The van der Waals surface area contributed by atoms with E-state index in [1.165, 1.54) is 24.5 Å². The lowest BCUT2D eigenvalue weighted by Gasteiger charge is -2.07. The Balaban J connectivity index is 2.13. The molecule has 0 aliphatic rings. The Hall–Kier alpha value is -2.45. The molecule has 5 nitrogen and oxygen atoms in total. The summed E-state index contributed by atoms with van der Waals surface area (Å²) in [5.74, 6) is -0.660. The summed E-state index contributed by atoms with van der Waals surface area (Å²) in [6.07, 6.45) is -3.11. The van der Waals surface area contributed by atoms with E-state index in [1.54, 1.807) is 0 Å². The highest BCUT2D eigenvalue weighted by atomic mass is 19.3. The van der Waals surface area contributed by atoms with E-state index in [4.69, 9.17) is 0 Å². The fourth-order valence-corrected chi connectivity index (χ4v) is 1.63. The van der Waals surface area contributed by atoms with Gasteiger partial charge in [-0.15, -0.1) is 0 Å². The van der Waals surface area contributed by atoms with Gasteiger partial charge in [0.25, 0.3) is 12.9 Å². The first-order valence-corrected chi connectivity index (χ1v) is 5.81. The number of halogens is 4. The molecule has 0 aliphatic carbocycles. The number of amides is 1. The molecule has 0 radical (unpaired) electrons. The van der Waals surface area contributed by atoms with Crippen molar-refractivity contribution in [3.8, 4) is 0 Å². The molecule has 1 amide bonds. The van der Waals surface area contributed by atoms with Crippen LogP contribution in [0.3, 0.4) is 0 Å². The molecule has 2 aromatic heterocycles. The molecule has 0 aliphatic heterocycles. The molecule has 0 saturated heterocycles. The smallest absolute Gasteiger partial charge is 0.282 e. The average Bonchev–Trinajstić information content (AvgIpc) is 2.84. The Labute approximate surface area is 116 Å². The van der Waals surface area contributed by atoms with Gasteiger partial charge in [-0.2, -0.15) is 5.10 Å². The molecule has 9 heteroatoms. The van der Waals surface area contributed by atoms with Crippen LogP contribution < -0.4 is 5.32 Å². The number of nitrogens with zero attached hydrogens (tertiary/aromatic N) is 3. The Morgan fingerprint density at radius 3 is 2.43 bits per heavy atom. The van der Waals surface area contributed by atoms with Gasteiger partial charge in [0.05, 0.1) is 0 Å². The highest BCUT2D eigenvalue weighted by Crippen LogP contribution is 2.25. The fraction of sp³-hybridized carbons (Fsp3) is 0.250. The first-order valence-electron chi connectivity index (χ1n) is 5.81. The highest BCUT2D eigenvalue weighted by Gasteiger charge is 2.22. The van der Waals surface area contributed by atoms with E-state index in [1.807, 2.05) is 0 Å². The van der Waals surface area contributed by atoms with Crippen LogP contribution >= 0.6 is 0 Å². The number of hydrogen-bond donors (Lipinski definition) is 1. The van der Waals surface area contributed by atoms with Crippen molar-refractivity contribution in [2.75, 3.05) is 5.32 Å². The summed E-state index contributed by atoms with van der Waals surface area (Å²) in [7, 11) is 0. The summed E-state index contributed by atoms with van der Waals surface area (Å²) in [6.45, 7) is -0.589. The third-order valence-corrected chi connectivity index (χ3v) is 2.53. The first kappa shape index (κ1) is 14.9. The second-order valence-electron chi connectivity index (χ2n) is 4.04. The molecule has 0 fully saturated rings. The van der Waals surface area contributed by atoms with E-state index >= 15 is 0 Å². The van der Waals surface area contributed by atoms with Gasteiger partial charge in [-0.05, 0) is 18.2 Å². The quantitative estimate of drug-likeness (QED) is 0.864. The largest absolute Gasteiger partial charge is 0.324 e. The van der Waals surface area contributed by atoms with Crippen LogP contribution in [-0.4, -0.2) is 20.7 Å². The minimum absolute atomic E-state index is 0.412. The molecular weight excluding hydrogens is 292 g/mol. The molecule has 0 spiro atoms. The summed E-state index contributed by atoms with van der Waals surface area (Å²) in [4.78, 5) is 15.5. The lowest BCUT2D eigenvalue weighted by Crippen LogP contribution is -2.21. The maximum absolute atomic E-state index is 12.7. The molecule has 21 heavy (non-hydrogen) atoms. The van der Waals surface area contributed by atoms with E-state index in [9.17, 15) is 22.4 Å². The van der Waals surface area contributed by atoms with Crippen LogP contribution in [0.15, 0.2) is 30.6 Å². The van der Waals surface area contributed by atoms with Crippen molar-refractivity contribution in [2.45, 2.75) is 19.4 Å². The maximum atomic E-state index is 12.7. The fourth-order valence-electron chi connectivity index (χ4n) is 1.63. The molecular formula is C12H10F4N4O. The molecule has 2 rings (SSSR count). The molecule has 1 N–H and O–H groups in total. The van der Waals surface area contributed by atoms with E-state index in [0.29, 0.717) is 16.4 Å². The summed E-state index contributed by atoms with van der Waals surface area (Å²) in [5.41, 5.74) is -1.10. The second-order valence-corrected chi connectivity index (χ2v) is 4.04. The van der Waals surface area contributed by atoms with Gasteiger partial charge in [-0.3, -0.25) is 14.5 Å². The Kier molecular flexibility index (Phi) is 4.51. The molecule has 2 heterocycles. The first-order chi connectivity index (χ1) is 9.97. The average molecular weight is 302 g/mol. The predicted octanol–water partition coefficient (Wildman–Crippen LogP) is 2.79. The van der Waals surface area contributed by atoms with Gasteiger partial charge in [-0.1, -0.05) is 0 Å². The monoisotopic (exact) mass is 302 g/mol. The van der Waals surface area contributed by atoms with E-state index in [-0.39, 0.29) is 0 Å². The van der Waals surface area contributed by atoms with E-state index in [0.717, 1.165) is 0 Å². The predicted molar refractivity (Wildman–Crippen MR) is 65.0 cm³/mol. The van der Waals surface area contributed by atoms with Crippen LogP contribution in [0.25, 0.3) is 0 Å². The van der Waals surface area contributed by atoms with Gasteiger partial charge in [-0.25, -0.2) is 17.6 Å². The number of anilines is 1. The molecule has 0 aromatic carbocycles. The van der Waals surface area contributed by atoms with Crippen LogP contribution in [0.1, 0.15) is 24.2 Å². The van der Waals surface area contributed by atoms with Crippen molar-refractivity contribution in [3.05, 3.63) is 42.0 Å². The van der Waals surface area contributed by atoms with Crippen molar-refractivity contribution in [1.29, 1.82) is 0 Å². The topological polar surface area (TPSA) is 59.8 Å². The zero-order valence-electron chi connectivity index (χ0n) is 10.5. The van der Waals surface area contributed by atoms with Gasteiger partial charge in [0.2, 0.25) is 5.91 Å². The Morgan fingerprint density at radius 1 is 1.19 bits per heavy atom. The summed E-state index contributed by atoms with van der Waals surface area (Å²) >= 11 is 0. The lowest BCUT2D eigenvalue weighted by atomic mass is 10.3. The Bertz CT molecular complexity index is 615. The van der Waals surface area contributed by atoms with Crippen LogP contribution in [-0.2, 0) is 11.3 Å². The molecule has 2 aromatic rings. The van der Waals surface area contributed by atoms with Crippen molar-refractivity contribution in [1.82, 2.24) is 14.8 Å². The van der Waals surface area contributed by atoms with Gasteiger partial charge in [0.15, 0.2) is 0 Å². The minimum Gasteiger partial charge on any atom is -0.324 e. The highest BCUT2D eigenvalue weighted by molar-refractivity contribution is 5.90. The van der Waals surface area contributed by atoms with Crippen LogP contribution in [0.4, 0.5) is 23.2 Å². The third-order valence-electron chi connectivity index (χ3n) is 2.53. The van der Waals surface area contributed by atoms with E-state index < -0.39 is 36.7 Å². The van der Waals surface area contributed by atoms with Crippen molar-refractivity contribution in [2.24, 2.45) is 0 Å². The number of aromatic nitrogens is 3. The van der Waals surface area contributed by atoms with Gasteiger partial charge >= 0.3 is 0 Å². The zero-order valence-corrected chi connectivity index (χ0v) is 10.5. The van der Waals surface area contributed by atoms with Crippen molar-refractivity contribution >= 4 is 11.6 Å².